The Morgan fingerprint density at radius 2 is 1.76 bits per heavy atom. The van der Waals surface area contributed by atoms with Gasteiger partial charge in [-0.05, 0) is 25.2 Å². The van der Waals surface area contributed by atoms with Crippen LogP contribution in [0.2, 0.25) is 0 Å². The summed E-state index contributed by atoms with van der Waals surface area (Å²) in [4.78, 5) is 17.6. The van der Waals surface area contributed by atoms with Crippen molar-refractivity contribution in [2.24, 2.45) is 9.98 Å². The van der Waals surface area contributed by atoms with Crippen molar-refractivity contribution in [2.75, 3.05) is 52.7 Å². The van der Waals surface area contributed by atoms with Crippen molar-refractivity contribution >= 4 is 24.1 Å². The molecule has 2 heterocycles. The number of nitrogens with one attached hydrogen (secondary N) is 1. The molecule has 0 amide bonds. The van der Waals surface area contributed by atoms with E-state index in [0.29, 0.717) is 5.88 Å². The summed E-state index contributed by atoms with van der Waals surface area (Å²) in [7, 11) is 4.22. The SMILES string of the molecule is CN(C=NC(=NCSc1ccccc1)N1CCN(C)CC1)CCc1cc(-c2ccccc2)n[nH]1. The maximum atomic E-state index is 4.84. The van der Waals surface area contributed by atoms with Crippen LogP contribution >= 0.6 is 11.8 Å². The van der Waals surface area contributed by atoms with E-state index in [0.717, 1.165) is 62.1 Å². The molecule has 0 unspecified atom stereocenters. The molecule has 34 heavy (non-hydrogen) atoms. The number of H-pyrrole nitrogens is 1. The van der Waals surface area contributed by atoms with E-state index < -0.39 is 0 Å². The molecule has 3 aromatic rings. The van der Waals surface area contributed by atoms with Crippen molar-refractivity contribution in [3.8, 4) is 11.3 Å². The number of likely N-dealkylation sites (N-methyl/N-ethyl adjacent to an activating group) is 2. The molecule has 178 valence electrons. The number of hydrogen-bond donors (Lipinski definition) is 1. The van der Waals surface area contributed by atoms with Crippen molar-refractivity contribution in [1.82, 2.24) is 24.9 Å². The minimum atomic E-state index is 0.656. The Bertz CT molecular complexity index is 1060. The molecule has 0 bridgehead atoms. The van der Waals surface area contributed by atoms with Crippen LogP contribution < -0.4 is 0 Å². The van der Waals surface area contributed by atoms with Crippen LogP contribution in [0.1, 0.15) is 5.69 Å². The second-order valence-electron chi connectivity index (χ2n) is 8.45. The van der Waals surface area contributed by atoms with Crippen LogP contribution in [0.15, 0.2) is 81.6 Å². The number of aliphatic imine (C=N–C) groups is 2. The molecule has 7 nitrogen and oxygen atoms in total. The van der Waals surface area contributed by atoms with Crippen LogP contribution in [0.25, 0.3) is 11.3 Å². The molecule has 0 atom stereocenters. The minimum Gasteiger partial charge on any atom is -0.365 e. The van der Waals surface area contributed by atoms with Gasteiger partial charge in [-0.3, -0.25) is 5.10 Å². The molecule has 2 aromatic carbocycles. The molecular formula is C26H33N7S. The maximum Gasteiger partial charge on any atom is 0.222 e. The van der Waals surface area contributed by atoms with Gasteiger partial charge < -0.3 is 14.7 Å². The fourth-order valence-electron chi connectivity index (χ4n) is 3.66. The molecule has 1 aliphatic rings. The van der Waals surface area contributed by atoms with Crippen molar-refractivity contribution < 1.29 is 0 Å². The quantitative estimate of drug-likeness (QED) is 0.304. The first-order chi connectivity index (χ1) is 16.7. The highest BCUT2D eigenvalue weighted by Gasteiger charge is 2.17. The van der Waals surface area contributed by atoms with Crippen LogP contribution in [0.5, 0.6) is 0 Å². The lowest BCUT2D eigenvalue weighted by molar-refractivity contribution is 0.214. The number of guanidine groups is 1. The summed E-state index contributed by atoms with van der Waals surface area (Å²) in [6.45, 7) is 4.79. The minimum absolute atomic E-state index is 0.656. The molecule has 0 aliphatic carbocycles. The first kappa shape index (κ1) is 24.0. The highest BCUT2D eigenvalue weighted by molar-refractivity contribution is 7.99. The number of benzene rings is 2. The van der Waals surface area contributed by atoms with E-state index in [-0.39, 0.29) is 0 Å². The Hall–Kier alpha value is -3.10. The van der Waals surface area contributed by atoms with Gasteiger partial charge in [-0.1, -0.05) is 48.5 Å². The lowest BCUT2D eigenvalue weighted by atomic mass is 10.1. The van der Waals surface area contributed by atoms with E-state index in [1.165, 1.54) is 4.90 Å². The average Bonchev–Trinajstić information content (AvgIpc) is 3.36. The summed E-state index contributed by atoms with van der Waals surface area (Å²) in [5, 5.41) is 7.62. The van der Waals surface area contributed by atoms with Crippen LogP contribution in [-0.2, 0) is 6.42 Å². The van der Waals surface area contributed by atoms with Crippen molar-refractivity contribution in [3.05, 3.63) is 72.4 Å². The van der Waals surface area contributed by atoms with Gasteiger partial charge in [0.05, 0.1) is 17.9 Å². The van der Waals surface area contributed by atoms with Gasteiger partial charge in [-0.2, -0.15) is 5.10 Å². The summed E-state index contributed by atoms with van der Waals surface area (Å²) >= 11 is 1.73. The Morgan fingerprint density at radius 3 is 2.50 bits per heavy atom. The second-order valence-corrected chi connectivity index (χ2v) is 9.47. The molecule has 0 spiro atoms. The van der Waals surface area contributed by atoms with Crippen molar-refractivity contribution in [2.45, 2.75) is 11.3 Å². The lowest BCUT2D eigenvalue weighted by Gasteiger charge is -2.33. The van der Waals surface area contributed by atoms with Gasteiger partial charge in [0.15, 0.2) is 0 Å². The average molecular weight is 476 g/mol. The molecule has 0 saturated carbocycles. The molecule has 1 fully saturated rings. The van der Waals surface area contributed by atoms with E-state index in [1.54, 1.807) is 11.8 Å². The van der Waals surface area contributed by atoms with Crippen LogP contribution in [-0.4, -0.2) is 89.9 Å². The number of thioether (sulfide) groups is 1. The van der Waals surface area contributed by atoms with Gasteiger partial charge >= 0.3 is 0 Å². The van der Waals surface area contributed by atoms with Gasteiger partial charge in [0.1, 0.15) is 0 Å². The van der Waals surface area contributed by atoms with Gasteiger partial charge in [0.25, 0.3) is 0 Å². The van der Waals surface area contributed by atoms with E-state index in [1.807, 2.05) is 30.6 Å². The summed E-state index contributed by atoms with van der Waals surface area (Å²) in [6.07, 6.45) is 2.77. The molecular weight excluding hydrogens is 442 g/mol. The van der Waals surface area contributed by atoms with Gasteiger partial charge in [0.2, 0.25) is 5.96 Å². The molecule has 1 aliphatic heterocycles. The maximum absolute atomic E-state index is 4.84. The number of rotatable bonds is 8. The highest BCUT2D eigenvalue weighted by Crippen LogP contribution is 2.18. The Labute approximate surface area is 206 Å². The fraction of sp³-hybridized carbons (Fsp3) is 0.346. The third kappa shape index (κ3) is 7.20. The van der Waals surface area contributed by atoms with Crippen molar-refractivity contribution in [1.29, 1.82) is 0 Å². The first-order valence-corrected chi connectivity index (χ1v) is 12.7. The van der Waals surface area contributed by atoms with Crippen LogP contribution in [0, 0.1) is 0 Å². The molecule has 0 radical (unpaired) electrons. The van der Waals surface area contributed by atoms with E-state index >= 15 is 0 Å². The number of piperazine rings is 1. The number of aromatic amines is 1. The molecule has 1 aromatic heterocycles. The predicted octanol–water partition coefficient (Wildman–Crippen LogP) is 3.93. The summed E-state index contributed by atoms with van der Waals surface area (Å²) in [5.74, 6) is 1.47. The van der Waals surface area contributed by atoms with E-state index in [9.17, 15) is 0 Å². The van der Waals surface area contributed by atoms with Crippen LogP contribution in [0.3, 0.4) is 0 Å². The summed E-state index contributed by atoms with van der Waals surface area (Å²) in [6, 6.07) is 22.8. The van der Waals surface area contributed by atoms with Gasteiger partial charge in [-0.25, -0.2) is 9.98 Å². The van der Waals surface area contributed by atoms with Gasteiger partial charge in [0, 0.05) is 62.3 Å². The standard InChI is InChI=1S/C26H33N7S/c1-31-15-17-33(18-16-31)26(28-21-34-24-11-7-4-8-12-24)27-20-32(2)14-13-23-19-25(30-29-23)22-9-5-3-6-10-22/h3-12,19-20H,13-18,21H2,1-2H3,(H,29,30). The molecule has 4 rings (SSSR count). The first-order valence-electron chi connectivity index (χ1n) is 11.7. The zero-order chi connectivity index (χ0) is 23.6. The number of aromatic nitrogens is 2. The molecule has 1 N–H and O–H groups in total. The smallest absolute Gasteiger partial charge is 0.222 e. The number of hydrogen-bond acceptors (Lipinski definition) is 4. The lowest BCUT2D eigenvalue weighted by Crippen LogP contribution is -2.47. The summed E-state index contributed by atoms with van der Waals surface area (Å²) in [5.41, 5.74) is 3.22. The van der Waals surface area contributed by atoms with E-state index in [4.69, 9.17) is 9.98 Å². The van der Waals surface area contributed by atoms with E-state index in [2.05, 4.69) is 81.5 Å². The number of nitrogens with zero attached hydrogens (tertiary/aromatic N) is 6. The third-order valence-corrected chi connectivity index (χ3v) is 6.63. The second kappa shape index (κ2) is 12.4. The zero-order valence-electron chi connectivity index (χ0n) is 20.0. The third-order valence-electron chi connectivity index (χ3n) is 5.77. The highest BCUT2D eigenvalue weighted by atomic mass is 32.2. The normalized spacial score (nSPS) is 15.2. The largest absolute Gasteiger partial charge is 0.365 e. The monoisotopic (exact) mass is 475 g/mol. The summed E-state index contributed by atoms with van der Waals surface area (Å²) < 4.78 is 0. The Morgan fingerprint density at radius 1 is 1.06 bits per heavy atom. The topological polar surface area (TPSA) is 63.1 Å². The van der Waals surface area contributed by atoms with Crippen LogP contribution in [0.4, 0.5) is 0 Å². The Balaban J connectivity index is 1.34. The predicted molar refractivity (Wildman–Crippen MR) is 143 cm³/mol. The zero-order valence-corrected chi connectivity index (χ0v) is 20.8. The van der Waals surface area contributed by atoms with Gasteiger partial charge in [-0.15, -0.1) is 11.8 Å². The van der Waals surface area contributed by atoms with Crippen molar-refractivity contribution in [3.63, 3.8) is 0 Å². The molecule has 8 heteroatoms. The fourth-order valence-corrected chi connectivity index (χ4v) is 4.34. The molecule has 1 saturated heterocycles. The Kier molecular flexibility index (Phi) is 8.76.